The van der Waals surface area contributed by atoms with Crippen molar-refractivity contribution in [2.75, 3.05) is 12.3 Å². The predicted molar refractivity (Wildman–Crippen MR) is 76.4 cm³/mol. The van der Waals surface area contributed by atoms with Crippen LogP contribution >= 0.6 is 35.2 Å². The van der Waals surface area contributed by atoms with Gasteiger partial charge in [-0.15, -0.1) is 0 Å². The van der Waals surface area contributed by atoms with Gasteiger partial charge in [0.05, 0.1) is 6.04 Å². The summed E-state index contributed by atoms with van der Waals surface area (Å²) in [6.07, 6.45) is 0. The maximum absolute atomic E-state index is 11.6. The number of alkyl halides is 1. The first-order chi connectivity index (χ1) is 8.33. The summed E-state index contributed by atoms with van der Waals surface area (Å²) >= 11 is 5.44. The molecule has 0 spiro atoms. The molecule has 0 fully saturated rings. The number of halogens is 1. The van der Waals surface area contributed by atoms with Gasteiger partial charge in [0.2, 0.25) is 5.91 Å². The zero-order valence-corrected chi connectivity index (χ0v) is 12.4. The van der Waals surface area contributed by atoms with Crippen molar-refractivity contribution < 1.29 is 19.5 Å². The summed E-state index contributed by atoms with van der Waals surface area (Å²) in [4.78, 5) is 33.6. The van der Waals surface area contributed by atoms with Gasteiger partial charge in [0.15, 0.2) is 4.05 Å². The minimum absolute atomic E-state index is 0.0504. The molecule has 7 N–H and O–H groups in total. The highest BCUT2D eigenvalue weighted by molar-refractivity contribution is 14.1. The molecule has 0 unspecified atom stereocenters. The summed E-state index contributed by atoms with van der Waals surface area (Å²) < 4.78 is -0.936. The van der Waals surface area contributed by atoms with Crippen molar-refractivity contribution in [1.29, 1.82) is 0 Å². The molecule has 2 amide bonds. The van der Waals surface area contributed by atoms with E-state index in [-0.39, 0.29) is 12.3 Å². The SMILES string of the molecule is NC[C@H](N)C(=O)N[C@@H](I)C(=O)N[C@@H](CS)C(=O)O. The molecule has 18 heavy (non-hydrogen) atoms. The highest BCUT2D eigenvalue weighted by atomic mass is 127. The molecule has 0 aliphatic rings. The number of carbonyl (C=O) groups is 3. The van der Waals surface area contributed by atoms with Crippen LogP contribution in [0.25, 0.3) is 0 Å². The molecule has 0 aromatic heterocycles. The molecule has 0 rings (SSSR count). The number of rotatable bonds is 7. The first-order valence-corrected chi connectivity index (χ1v) is 6.75. The Morgan fingerprint density at radius 2 is 1.83 bits per heavy atom. The highest BCUT2D eigenvalue weighted by Crippen LogP contribution is 1.99. The Bertz CT molecular complexity index is 330. The molecule has 0 aromatic rings. The lowest BCUT2D eigenvalue weighted by Crippen LogP contribution is -2.53. The third kappa shape index (κ3) is 5.84. The number of carboxylic acids is 1. The number of carbonyl (C=O) groups excluding carboxylic acids is 2. The lowest BCUT2D eigenvalue weighted by Gasteiger charge is -2.17. The number of aliphatic carboxylic acids is 1. The van der Waals surface area contributed by atoms with E-state index in [9.17, 15) is 14.4 Å². The fraction of sp³-hybridized carbons (Fsp3) is 0.625. The van der Waals surface area contributed by atoms with Crippen molar-refractivity contribution >= 4 is 53.0 Å². The average Bonchev–Trinajstić information content (AvgIpc) is 2.33. The van der Waals surface area contributed by atoms with Crippen molar-refractivity contribution in [3.05, 3.63) is 0 Å². The molecule has 0 radical (unpaired) electrons. The molecule has 0 heterocycles. The van der Waals surface area contributed by atoms with Crippen LogP contribution in [-0.2, 0) is 14.4 Å². The number of nitrogens with two attached hydrogens (primary N) is 2. The van der Waals surface area contributed by atoms with E-state index in [0.29, 0.717) is 0 Å². The smallest absolute Gasteiger partial charge is 0.327 e. The second-order valence-electron chi connectivity index (χ2n) is 3.30. The van der Waals surface area contributed by atoms with Gasteiger partial charge in [-0.2, -0.15) is 12.6 Å². The van der Waals surface area contributed by atoms with E-state index in [4.69, 9.17) is 16.6 Å². The fourth-order valence-corrected chi connectivity index (χ4v) is 1.57. The molecule has 10 heteroatoms. The predicted octanol–water partition coefficient (Wildman–Crippen LogP) is -2.35. The Morgan fingerprint density at radius 1 is 1.28 bits per heavy atom. The van der Waals surface area contributed by atoms with Gasteiger partial charge in [0.25, 0.3) is 5.91 Å². The van der Waals surface area contributed by atoms with Crippen LogP contribution < -0.4 is 22.1 Å². The van der Waals surface area contributed by atoms with Crippen LogP contribution in [0, 0.1) is 0 Å². The van der Waals surface area contributed by atoms with Gasteiger partial charge in [-0.25, -0.2) is 4.79 Å². The third-order valence-corrected chi connectivity index (χ3v) is 3.13. The van der Waals surface area contributed by atoms with Gasteiger partial charge in [-0.1, -0.05) is 0 Å². The third-order valence-electron chi connectivity index (χ3n) is 1.89. The first kappa shape index (κ1) is 17.4. The standard InChI is InChI=1S/C8H15IN4O4S/c9-5(13-6(14)3(11)1-10)7(15)12-4(2-18)8(16)17/h3-5,18H,1-2,10-11H2,(H,12,15)(H,13,14)(H,16,17)/t3-,4-,5+/m0/s1. The summed E-state index contributed by atoms with van der Waals surface area (Å²) in [6.45, 7) is -0.0504. The molecular weight excluding hydrogens is 375 g/mol. The van der Waals surface area contributed by atoms with Crippen LogP contribution in [0.15, 0.2) is 0 Å². The van der Waals surface area contributed by atoms with Crippen LogP contribution in [0.4, 0.5) is 0 Å². The first-order valence-electron chi connectivity index (χ1n) is 4.87. The van der Waals surface area contributed by atoms with Crippen LogP contribution in [-0.4, -0.2) is 51.3 Å². The Morgan fingerprint density at radius 3 is 2.22 bits per heavy atom. The van der Waals surface area contributed by atoms with Gasteiger partial charge in [0.1, 0.15) is 6.04 Å². The van der Waals surface area contributed by atoms with E-state index in [1.807, 2.05) is 0 Å². The fourth-order valence-electron chi connectivity index (χ4n) is 0.835. The van der Waals surface area contributed by atoms with Gasteiger partial charge >= 0.3 is 5.97 Å². The van der Waals surface area contributed by atoms with Crippen LogP contribution in [0.3, 0.4) is 0 Å². The molecule has 0 aromatic carbocycles. The Kier molecular flexibility index (Phi) is 8.22. The maximum Gasteiger partial charge on any atom is 0.327 e. The van der Waals surface area contributed by atoms with E-state index < -0.39 is 33.9 Å². The second kappa shape index (κ2) is 8.50. The summed E-state index contributed by atoms with van der Waals surface area (Å²) in [7, 11) is 0. The summed E-state index contributed by atoms with van der Waals surface area (Å²) in [5, 5.41) is 13.3. The quantitative estimate of drug-likeness (QED) is 0.124. The zero-order chi connectivity index (χ0) is 14.3. The zero-order valence-electron chi connectivity index (χ0n) is 9.30. The number of amides is 2. The topological polar surface area (TPSA) is 148 Å². The maximum atomic E-state index is 11.6. The monoisotopic (exact) mass is 390 g/mol. The minimum atomic E-state index is -1.20. The number of carboxylic acid groups (broad SMARTS) is 1. The van der Waals surface area contributed by atoms with E-state index in [2.05, 4.69) is 23.3 Å². The molecule has 104 valence electrons. The number of hydrogen-bond donors (Lipinski definition) is 6. The van der Waals surface area contributed by atoms with Crippen LogP contribution in [0.2, 0.25) is 0 Å². The largest absolute Gasteiger partial charge is 0.480 e. The Hall–Kier alpha value is -0.590. The van der Waals surface area contributed by atoms with Crippen molar-refractivity contribution in [2.24, 2.45) is 11.5 Å². The van der Waals surface area contributed by atoms with Gasteiger partial charge in [0, 0.05) is 12.3 Å². The molecule has 0 bridgehead atoms. The van der Waals surface area contributed by atoms with Crippen molar-refractivity contribution in [3.63, 3.8) is 0 Å². The van der Waals surface area contributed by atoms with E-state index >= 15 is 0 Å². The van der Waals surface area contributed by atoms with Gasteiger partial charge in [-0.3, -0.25) is 9.59 Å². The number of nitrogens with one attached hydrogen (secondary N) is 2. The lowest BCUT2D eigenvalue weighted by atomic mass is 10.3. The van der Waals surface area contributed by atoms with Crippen LogP contribution in [0.1, 0.15) is 0 Å². The Labute approximate surface area is 123 Å². The van der Waals surface area contributed by atoms with Gasteiger partial charge in [-0.05, 0) is 22.6 Å². The van der Waals surface area contributed by atoms with E-state index in [1.165, 1.54) is 0 Å². The summed E-state index contributed by atoms with van der Waals surface area (Å²) in [5.41, 5.74) is 10.6. The number of hydrogen-bond acceptors (Lipinski definition) is 6. The van der Waals surface area contributed by atoms with Crippen molar-refractivity contribution in [3.8, 4) is 0 Å². The molecular formula is C8H15IN4O4S. The van der Waals surface area contributed by atoms with Crippen molar-refractivity contribution in [2.45, 2.75) is 16.1 Å². The molecule has 0 saturated heterocycles. The van der Waals surface area contributed by atoms with E-state index in [1.54, 1.807) is 22.6 Å². The minimum Gasteiger partial charge on any atom is -0.480 e. The molecule has 3 atom stereocenters. The molecule has 0 aliphatic heterocycles. The lowest BCUT2D eigenvalue weighted by molar-refractivity contribution is -0.141. The normalized spacial score (nSPS) is 15.3. The summed E-state index contributed by atoms with van der Waals surface area (Å²) in [5.74, 6) is -2.48. The molecule has 0 aliphatic carbocycles. The van der Waals surface area contributed by atoms with Crippen LogP contribution in [0.5, 0.6) is 0 Å². The molecule has 8 nitrogen and oxygen atoms in total. The summed E-state index contributed by atoms with van der Waals surface area (Å²) in [6, 6.07) is -2.02. The highest BCUT2D eigenvalue weighted by Gasteiger charge is 2.24. The van der Waals surface area contributed by atoms with Gasteiger partial charge < -0.3 is 27.2 Å². The number of thiol groups is 1. The second-order valence-corrected chi connectivity index (χ2v) is 4.91. The molecule has 0 saturated carbocycles. The average molecular weight is 390 g/mol. The van der Waals surface area contributed by atoms with Crippen molar-refractivity contribution in [1.82, 2.24) is 10.6 Å². The Balaban J connectivity index is 4.34. The van der Waals surface area contributed by atoms with E-state index in [0.717, 1.165) is 0 Å².